The summed E-state index contributed by atoms with van der Waals surface area (Å²) in [4.78, 5) is 25.6. The Balaban J connectivity index is 1.85. The van der Waals surface area contributed by atoms with E-state index in [1.165, 1.54) is 11.0 Å². The summed E-state index contributed by atoms with van der Waals surface area (Å²) in [6.45, 7) is 0.593. The molecular weight excluding hydrogens is 379 g/mol. The van der Waals surface area contributed by atoms with Crippen LogP contribution in [-0.2, 0) is 16.0 Å². The Morgan fingerprint density at radius 2 is 2.17 bits per heavy atom. The molecule has 0 spiro atoms. The number of rotatable bonds is 13. The normalized spacial score (nSPS) is 14.3. The van der Waals surface area contributed by atoms with Gasteiger partial charge in [-0.25, -0.2) is 4.39 Å². The van der Waals surface area contributed by atoms with Gasteiger partial charge in [-0.3, -0.25) is 9.59 Å². The van der Waals surface area contributed by atoms with Gasteiger partial charge in [0.25, 0.3) is 0 Å². The van der Waals surface area contributed by atoms with Gasteiger partial charge >= 0.3 is 0 Å². The molecule has 1 aliphatic carbocycles. The molecule has 0 bridgehead atoms. The van der Waals surface area contributed by atoms with Crippen LogP contribution in [0.4, 0.5) is 4.39 Å². The number of hydrogen-bond acceptors (Lipinski definition) is 6. The van der Waals surface area contributed by atoms with Gasteiger partial charge < -0.3 is 31.1 Å². The van der Waals surface area contributed by atoms with E-state index in [-0.39, 0.29) is 30.8 Å². The lowest BCUT2D eigenvalue weighted by atomic mass is 10.1. The summed E-state index contributed by atoms with van der Waals surface area (Å²) in [6.07, 6.45) is 3.09. The number of aliphatic hydroxyl groups excluding tert-OH is 1. The number of amides is 2. The van der Waals surface area contributed by atoms with E-state index in [2.05, 4.69) is 10.6 Å². The molecule has 1 aliphatic rings. The average Bonchev–Trinajstić information content (AvgIpc) is 3.52. The molecule has 1 aromatic carbocycles. The predicted octanol–water partition coefficient (Wildman–Crippen LogP) is -0.0116. The third kappa shape index (κ3) is 7.26. The highest BCUT2D eigenvalue weighted by molar-refractivity contribution is 5.87. The van der Waals surface area contributed by atoms with Crippen molar-refractivity contribution in [1.29, 1.82) is 0 Å². The molecule has 9 heteroatoms. The first-order valence-electron chi connectivity index (χ1n) is 9.94. The summed E-state index contributed by atoms with van der Waals surface area (Å²) in [6, 6.07) is 4.34. The van der Waals surface area contributed by atoms with E-state index < -0.39 is 18.7 Å². The molecule has 0 saturated heterocycles. The van der Waals surface area contributed by atoms with E-state index in [1.54, 1.807) is 19.2 Å². The third-order valence-electron chi connectivity index (χ3n) is 4.82. The Bertz CT molecular complexity index is 684. The number of halogens is 1. The number of aliphatic hydroxyl groups is 1. The van der Waals surface area contributed by atoms with Crippen LogP contribution >= 0.6 is 0 Å². The lowest BCUT2D eigenvalue weighted by Gasteiger charge is -2.24. The predicted molar refractivity (Wildman–Crippen MR) is 107 cm³/mol. The second kappa shape index (κ2) is 11.7. The van der Waals surface area contributed by atoms with E-state index in [4.69, 9.17) is 15.6 Å². The maximum Gasteiger partial charge on any atom is 0.241 e. The average molecular weight is 410 g/mol. The molecule has 0 heterocycles. The number of carbonyl (C=O) groups excluding carboxylic acids is 2. The quantitative estimate of drug-likeness (QED) is 0.268. The third-order valence-corrected chi connectivity index (χ3v) is 4.82. The van der Waals surface area contributed by atoms with Gasteiger partial charge in [-0.15, -0.1) is 0 Å². The first-order chi connectivity index (χ1) is 14.0. The largest absolute Gasteiger partial charge is 0.492 e. The number of hydrogen-bond donors (Lipinski definition) is 4. The molecule has 1 saturated carbocycles. The molecule has 1 unspecified atom stereocenters. The van der Waals surface area contributed by atoms with Crippen LogP contribution in [0.25, 0.3) is 0 Å². The van der Waals surface area contributed by atoms with Crippen molar-refractivity contribution < 1.29 is 23.8 Å². The van der Waals surface area contributed by atoms with Crippen molar-refractivity contribution in [2.24, 2.45) is 11.7 Å². The van der Waals surface area contributed by atoms with Crippen LogP contribution in [0.15, 0.2) is 18.2 Å². The molecule has 2 amide bonds. The molecule has 0 aromatic heterocycles. The molecule has 1 fully saturated rings. The van der Waals surface area contributed by atoms with E-state index in [0.29, 0.717) is 37.2 Å². The van der Waals surface area contributed by atoms with Crippen molar-refractivity contribution in [2.45, 2.75) is 31.7 Å². The topological polar surface area (TPSA) is 117 Å². The Morgan fingerprint density at radius 3 is 2.83 bits per heavy atom. The van der Waals surface area contributed by atoms with Gasteiger partial charge in [0.2, 0.25) is 11.8 Å². The fourth-order valence-electron chi connectivity index (χ4n) is 3.13. The second-order valence-electron chi connectivity index (χ2n) is 7.18. The minimum Gasteiger partial charge on any atom is -0.492 e. The summed E-state index contributed by atoms with van der Waals surface area (Å²) in [5, 5.41) is 14.2. The smallest absolute Gasteiger partial charge is 0.241 e. The van der Waals surface area contributed by atoms with Crippen LogP contribution in [0.1, 0.15) is 24.8 Å². The summed E-state index contributed by atoms with van der Waals surface area (Å²) < 4.78 is 19.8. The Morgan fingerprint density at radius 1 is 1.41 bits per heavy atom. The molecule has 29 heavy (non-hydrogen) atoms. The zero-order chi connectivity index (χ0) is 21.2. The number of likely N-dealkylation sites (N-methyl/N-ethyl adjacent to an activating group) is 1. The van der Waals surface area contributed by atoms with Crippen LogP contribution in [0, 0.1) is 11.7 Å². The Hall–Kier alpha value is -2.23. The van der Waals surface area contributed by atoms with Gasteiger partial charge in [0.05, 0.1) is 12.6 Å². The number of ether oxygens (including phenoxy) is 1. The highest BCUT2D eigenvalue weighted by atomic mass is 19.1. The van der Waals surface area contributed by atoms with E-state index in [0.717, 1.165) is 12.8 Å². The molecule has 8 nitrogen and oxygen atoms in total. The van der Waals surface area contributed by atoms with Crippen LogP contribution < -0.4 is 21.1 Å². The van der Waals surface area contributed by atoms with Gasteiger partial charge in [0.15, 0.2) is 0 Å². The zero-order valence-corrected chi connectivity index (χ0v) is 16.8. The standard InChI is InChI=1S/C20H31FN4O4/c1-25(12-18(27)24-13-26)20(28)19(14-7-8-14)23-10-11-29-17-6-2-5-16(21)15(17)4-3-9-22/h2,5-6,14,19,23,26H,3-4,7-13,22H2,1H3,(H,24,27). The zero-order valence-electron chi connectivity index (χ0n) is 16.8. The van der Waals surface area contributed by atoms with Crippen LogP contribution in [0.2, 0.25) is 0 Å². The van der Waals surface area contributed by atoms with Crippen molar-refractivity contribution in [3.63, 3.8) is 0 Å². The summed E-state index contributed by atoms with van der Waals surface area (Å²) >= 11 is 0. The number of nitrogens with one attached hydrogen (secondary N) is 2. The van der Waals surface area contributed by atoms with Crippen molar-refractivity contribution in [1.82, 2.24) is 15.5 Å². The van der Waals surface area contributed by atoms with Crippen molar-refractivity contribution >= 4 is 11.8 Å². The first-order valence-corrected chi connectivity index (χ1v) is 9.94. The number of carbonyl (C=O) groups is 2. The highest BCUT2D eigenvalue weighted by Gasteiger charge is 2.37. The van der Waals surface area contributed by atoms with Crippen LogP contribution in [0.3, 0.4) is 0 Å². The molecule has 2 rings (SSSR count). The van der Waals surface area contributed by atoms with Crippen molar-refractivity contribution in [3.8, 4) is 5.75 Å². The SMILES string of the molecule is CN(CC(=O)NCO)C(=O)C(NCCOc1cccc(F)c1CCCN)C1CC1. The number of nitrogens with zero attached hydrogens (tertiary/aromatic N) is 1. The van der Waals surface area contributed by atoms with Crippen LogP contribution in [0.5, 0.6) is 5.75 Å². The van der Waals surface area contributed by atoms with Gasteiger partial charge in [-0.2, -0.15) is 0 Å². The fraction of sp³-hybridized carbons (Fsp3) is 0.600. The minimum absolute atomic E-state index is 0.116. The lowest BCUT2D eigenvalue weighted by molar-refractivity contribution is -0.137. The molecule has 1 atom stereocenters. The summed E-state index contributed by atoms with van der Waals surface area (Å²) in [7, 11) is 1.56. The van der Waals surface area contributed by atoms with Crippen molar-refractivity contribution in [3.05, 3.63) is 29.6 Å². The minimum atomic E-state index is -0.462. The number of nitrogens with two attached hydrogens (primary N) is 1. The van der Waals surface area contributed by atoms with E-state index >= 15 is 0 Å². The van der Waals surface area contributed by atoms with Crippen LogP contribution in [-0.4, -0.2) is 67.9 Å². The number of benzene rings is 1. The fourth-order valence-corrected chi connectivity index (χ4v) is 3.13. The molecule has 1 aromatic rings. The van der Waals surface area contributed by atoms with Crippen molar-refractivity contribution in [2.75, 3.05) is 40.0 Å². The van der Waals surface area contributed by atoms with Gasteiger partial charge in [-0.05, 0) is 50.3 Å². The maximum atomic E-state index is 14.0. The highest BCUT2D eigenvalue weighted by Crippen LogP contribution is 2.33. The van der Waals surface area contributed by atoms with Gasteiger partial charge in [-0.1, -0.05) is 6.07 Å². The Labute approximate surface area is 170 Å². The molecule has 0 radical (unpaired) electrons. The van der Waals surface area contributed by atoms with E-state index in [9.17, 15) is 14.0 Å². The molecule has 162 valence electrons. The summed E-state index contributed by atoms with van der Waals surface area (Å²) in [5.41, 5.74) is 6.03. The maximum absolute atomic E-state index is 14.0. The molecular formula is C20H31FN4O4. The molecule has 0 aliphatic heterocycles. The second-order valence-corrected chi connectivity index (χ2v) is 7.18. The summed E-state index contributed by atoms with van der Waals surface area (Å²) in [5.74, 6) is -0.169. The lowest BCUT2D eigenvalue weighted by Crippen LogP contribution is -2.50. The van der Waals surface area contributed by atoms with Gasteiger partial charge in [0, 0.05) is 19.2 Å². The van der Waals surface area contributed by atoms with E-state index in [1.807, 2.05) is 0 Å². The monoisotopic (exact) mass is 410 g/mol. The molecule has 5 N–H and O–H groups in total. The van der Waals surface area contributed by atoms with Gasteiger partial charge in [0.1, 0.15) is 24.9 Å². The first kappa shape index (κ1) is 23.1. The Kier molecular flexibility index (Phi) is 9.30.